The van der Waals surface area contributed by atoms with Crippen LogP contribution in [0.1, 0.15) is 23.0 Å². The quantitative estimate of drug-likeness (QED) is 0.853. The first-order chi connectivity index (χ1) is 9.66. The van der Waals surface area contributed by atoms with Crippen LogP contribution in [-0.4, -0.2) is 22.0 Å². The van der Waals surface area contributed by atoms with Gasteiger partial charge in [0, 0.05) is 23.2 Å². The summed E-state index contributed by atoms with van der Waals surface area (Å²) in [6, 6.07) is 7.97. The Morgan fingerprint density at radius 3 is 2.75 bits per heavy atom. The summed E-state index contributed by atoms with van der Waals surface area (Å²) in [5.41, 5.74) is 0.811. The van der Waals surface area contributed by atoms with E-state index in [-0.39, 0.29) is 12.3 Å². The van der Waals surface area contributed by atoms with Crippen molar-refractivity contribution < 1.29 is 14.7 Å². The first kappa shape index (κ1) is 14.2. The molecule has 5 nitrogen and oxygen atoms in total. The van der Waals surface area contributed by atoms with E-state index in [4.69, 9.17) is 5.11 Å². The third kappa shape index (κ3) is 3.89. The number of aryl methyl sites for hydroxylation is 1. The Balaban J connectivity index is 1.91. The summed E-state index contributed by atoms with van der Waals surface area (Å²) in [4.78, 5) is 27.8. The van der Waals surface area contributed by atoms with Crippen molar-refractivity contribution in [3.63, 3.8) is 0 Å². The fourth-order valence-corrected chi connectivity index (χ4v) is 2.50. The average Bonchev–Trinajstić information content (AvgIpc) is 2.97. The molecule has 0 saturated carbocycles. The van der Waals surface area contributed by atoms with Crippen molar-refractivity contribution in [2.24, 2.45) is 0 Å². The van der Waals surface area contributed by atoms with Gasteiger partial charge in [-0.15, -0.1) is 11.3 Å². The molecular formula is C14H14N2O3S. The summed E-state index contributed by atoms with van der Waals surface area (Å²) in [6.45, 7) is 0. The van der Waals surface area contributed by atoms with Crippen molar-refractivity contribution in [3.8, 4) is 0 Å². The topological polar surface area (TPSA) is 79.3 Å². The second-order valence-electron chi connectivity index (χ2n) is 4.18. The Bertz CT molecular complexity index is 569. The molecule has 0 aliphatic rings. The van der Waals surface area contributed by atoms with E-state index >= 15 is 0 Å². The van der Waals surface area contributed by atoms with E-state index in [0.29, 0.717) is 11.3 Å². The third-order valence-corrected chi connectivity index (χ3v) is 3.65. The summed E-state index contributed by atoms with van der Waals surface area (Å²) >= 11 is 1.31. The fraction of sp³-hybridized carbons (Fsp3) is 0.214. The highest BCUT2D eigenvalue weighted by Crippen LogP contribution is 2.19. The zero-order valence-electron chi connectivity index (χ0n) is 10.7. The summed E-state index contributed by atoms with van der Waals surface area (Å²) in [5.74, 6) is -1.35. The van der Waals surface area contributed by atoms with Crippen LogP contribution in [0.15, 0.2) is 41.9 Å². The normalized spacial score (nSPS) is 11.8. The number of carboxylic acids is 1. The van der Waals surface area contributed by atoms with Crippen LogP contribution in [0, 0.1) is 0 Å². The summed E-state index contributed by atoms with van der Waals surface area (Å²) in [7, 11) is 0. The van der Waals surface area contributed by atoms with Gasteiger partial charge in [-0.2, -0.15) is 0 Å². The van der Waals surface area contributed by atoms with Gasteiger partial charge in [-0.1, -0.05) is 12.1 Å². The van der Waals surface area contributed by atoms with Crippen LogP contribution in [0.3, 0.4) is 0 Å². The number of carboxylic acid groups (broad SMARTS) is 1. The molecule has 0 saturated heterocycles. The summed E-state index contributed by atoms with van der Waals surface area (Å²) in [5, 5.41) is 13.5. The molecule has 2 rings (SSSR count). The molecule has 20 heavy (non-hydrogen) atoms. The molecule has 0 bridgehead atoms. The number of amides is 1. The lowest BCUT2D eigenvalue weighted by Gasteiger charge is -2.12. The Labute approximate surface area is 120 Å². The second kappa shape index (κ2) is 6.81. The molecule has 104 valence electrons. The first-order valence-corrected chi connectivity index (χ1v) is 7.00. The fourth-order valence-electron chi connectivity index (χ4n) is 1.73. The van der Waals surface area contributed by atoms with Gasteiger partial charge in [-0.05, 0) is 30.0 Å². The number of aromatic nitrogens is 1. The number of nitrogens with zero attached hydrogens (tertiary/aromatic N) is 1. The largest absolute Gasteiger partial charge is 0.479 e. The minimum Gasteiger partial charge on any atom is -0.479 e. The van der Waals surface area contributed by atoms with Crippen molar-refractivity contribution in [1.29, 1.82) is 0 Å². The molecule has 6 heteroatoms. The molecule has 0 aliphatic heterocycles. The van der Waals surface area contributed by atoms with Gasteiger partial charge in [-0.3, -0.25) is 9.78 Å². The number of rotatable bonds is 6. The number of pyridine rings is 1. The van der Waals surface area contributed by atoms with Crippen molar-refractivity contribution in [2.45, 2.75) is 18.9 Å². The van der Waals surface area contributed by atoms with E-state index < -0.39 is 12.0 Å². The summed E-state index contributed by atoms with van der Waals surface area (Å²) < 4.78 is 0. The van der Waals surface area contributed by atoms with Gasteiger partial charge in [0.25, 0.3) is 0 Å². The van der Waals surface area contributed by atoms with Crippen molar-refractivity contribution in [3.05, 3.63) is 52.5 Å². The maximum absolute atomic E-state index is 11.8. The number of carbonyl (C=O) groups excluding carboxylic acids is 1. The average molecular weight is 290 g/mol. The minimum absolute atomic E-state index is 0.214. The van der Waals surface area contributed by atoms with E-state index in [1.165, 1.54) is 11.3 Å². The predicted molar refractivity (Wildman–Crippen MR) is 75.4 cm³/mol. The van der Waals surface area contributed by atoms with E-state index in [1.54, 1.807) is 29.8 Å². The molecule has 2 N–H and O–H groups in total. The number of nitrogens with one attached hydrogen (secondary N) is 1. The highest BCUT2D eigenvalue weighted by Gasteiger charge is 2.22. The number of carbonyl (C=O) groups is 2. The van der Waals surface area contributed by atoms with Crippen molar-refractivity contribution in [2.75, 3.05) is 0 Å². The molecule has 1 amide bonds. The van der Waals surface area contributed by atoms with Crippen molar-refractivity contribution in [1.82, 2.24) is 10.3 Å². The van der Waals surface area contributed by atoms with Gasteiger partial charge < -0.3 is 10.4 Å². The van der Waals surface area contributed by atoms with Crippen LogP contribution < -0.4 is 5.32 Å². The van der Waals surface area contributed by atoms with E-state index in [0.717, 1.165) is 5.69 Å². The molecule has 0 aliphatic carbocycles. The molecule has 0 radical (unpaired) electrons. The standard InChI is InChI=1S/C14H14N2O3S/c17-12(7-6-10-4-1-2-8-15-10)16-13(14(18)19)11-5-3-9-20-11/h1-5,8-9,13H,6-7H2,(H,16,17)(H,18,19). The van der Waals surface area contributed by atoms with Crippen LogP contribution in [0.2, 0.25) is 0 Å². The Morgan fingerprint density at radius 1 is 1.30 bits per heavy atom. The molecule has 0 aromatic carbocycles. The van der Waals surface area contributed by atoms with Gasteiger partial charge in [0.15, 0.2) is 6.04 Å². The molecule has 2 aromatic heterocycles. The van der Waals surface area contributed by atoms with Crippen LogP contribution in [0.4, 0.5) is 0 Å². The van der Waals surface area contributed by atoms with Gasteiger partial charge in [-0.25, -0.2) is 4.79 Å². The number of hydrogen-bond acceptors (Lipinski definition) is 4. The molecule has 2 heterocycles. The summed E-state index contributed by atoms with van der Waals surface area (Å²) in [6.07, 6.45) is 2.37. The SMILES string of the molecule is O=C(CCc1ccccn1)NC(C(=O)O)c1cccs1. The lowest BCUT2D eigenvalue weighted by molar-refractivity contribution is -0.141. The molecule has 1 atom stereocenters. The molecular weight excluding hydrogens is 276 g/mol. The Hall–Kier alpha value is -2.21. The number of hydrogen-bond donors (Lipinski definition) is 2. The molecule has 0 spiro atoms. The van der Waals surface area contributed by atoms with Crippen LogP contribution in [0.5, 0.6) is 0 Å². The van der Waals surface area contributed by atoms with E-state index in [2.05, 4.69) is 10.3 Å². The second-order valence-corrected chi connectivity index (χ2v) is 5.15. The molecule has 2 aromatic rings. The van der Waals surface area contributed by atoms with Crippen molar-refractivity contribution >= 4 is 23.2 Å². The number of thiophene rings is 1. The third-order valence-electron chi connectivity index (χ3n) is 2.71. The Kier molecular flexibility index (Phi) is 4.84. The molecule has 1 unspecified atom stereocenters. The zero-order chi connectivity index (χ0) is 14.4. The highest BCUT2D eigenvalue weighted by molar-refractivity contribution is 7.10. The lowest BCUT2D eigenvalue weighted by atomic mass is 10.2. The zero-order valence-corrected chi connectivity index (χ0v) is 11.5. The minimum atomic E-state index is -1.06. The number of aliphatic carboxylic acids is 1. The van der Waals surface area contributed by atoms with Gasteiger partial charge in [0.1, 0.15) is 0 Å². The maximum atomic E-state index is 11.8. The van der Waals surface area contributed by atoms with Crippen LogP contribution >= 0.6 is 11.3 Å². The first-order valence-electron chi connectivity index (χ1n) is 6.12. The van der Waals surface area contributed by atoms with Gasteiger partial charge in [0.05, 0.1) is 0 Å². The van der Waals surface area contributed by atoms with Crippen LogP contribution in [0.25, 0.3) is 0 Å². The predicted octanol–water partition coefficient (Wildman–Crippen LogP) is 2.02. The smallest absolute Gasteiger partial charge is 0.331 e. The van der Waals surface area contributed by atoms with E-state index in [9.17, 15) is 9.59 Å². The highest BCUT2D eigenvalue weighted by atomic mass is 32.1. The van der Waals surface area contributed by atoms with Crippen LogP contribution in [-0.2, 0) is 16.0 Å². The Morgan fingerprint density at radius 2 is 2.15 bits per heavy atom. The van der Waals surface area contributed by atoms with Gasteiger partial charge in [0.2, 0.25) is 5.91 Å². The lowest BCUT2D eigenvalue weighted by Crippen LogP contribution is -2.33. The monoisotopic (exact) mass is 290 g/mol. The molecule has 0 fully saturated rings. The van der Waals surface area contributed by atoms with E-state index in [1.807, 2.05) is 12.1 Å². The van der Waals surface area contributed by atoms with Gasteiger partial charge >= 0.3 is 5.97 Å². The maximum Gasteiger partial charge on any atom is 0.331 e.